The molecule has 1 aromatic heterocycles. The fraction of sp³-hybridized carbons (Fsp3) is 0.462. The first kappa shape index (κ1) is 20.6. The number of hydrogen-bond acceptors (Lipinski definition) is 2. The molecule has 1 saturated carbocycles. The van der Waals surface area contributed by atoms with Crippen LogP contribution in [0, 0.1) is 25.7 Å². The van der Waals surface area contributed by atoms with E-state index in [4.69, 9.17) is 4.98 Å². The number of aryl methyl sites for hydroxylation is 2. The Balaban J connectivity index is 1.38. The number of imidazole rings is 1. The molecule has 4 nitrogen and oxygen atoms in total. The smallest absolute Gasteiger partial charge is 0.227 e. The van der Waals surface area contributed by atoms with Crippen LogP contribution in [0.1, 0.15) is 63.0 Å². The molecule has 1 aliphatic carbocycles. The van der Waals surface area contributed by atoms with Crippen molar-refractivity contribution in [1.82, 2.24) is 9.97 Å². The summed E-state index contributed by atoms with van der Waals surface area (Å²) in [7, 11) is 0. The van der Waals surface area contributed by atoms with Crippen LogP contribution in [0.15, 0.2) is 36.4 Å². The average Bonchev–Trinajstić information content (AvgIpc) is 3.16. The summed E-state index contributed by atoms with van der Waals surface area (Å²) in [5, 5.41) is 3.12. The average molecular weight is 404 g/mol. The first-order valence-corrected chi connectivity index (χ1v) is 11.4. The largest absolute Gasteiger partial charge is 0.338 e. The number of benzene rings is 2. The molecule has 1 fully saturated rings. The van der Waals surface area contributed by atoms with E-state index in [1.54, 1.807) is 0 Å². The van der Waals surface area contributed by atoms with Crippen LogP contribution in [0.25, 0.3) is 22.4 Å². The third-order valence-corrected chi connectivity index (χ3v) is 6.71. The molecule has 1 heterocycles. The van der Waals surface area contributed by atoms with Crippen LogP contribution in [0.2, 0.25) is 0 Å². The molecular weight excluding hydrogens is 370 g/mol. The van der Waals surface area contributed by atoms with Gasteiger partial charge in [-0.2, -0.15) is 0 Å². The molecule has 4 heteroatoms. The van der Waals surface area contributed by atoms with Gasteiger partial charge in [-0.05, 0) is 93.0 Å². The van der Waals surface area contributed by atoms with Crippen LogP contribution in [0.3, 0.4) is 0 Å². The summed E-state index contributed by atoms with van der Waals surface area (Å²) in [5.41, 5.74) is 6.43. The van der Waals surface area contributed by atoms with E-state index in [0.717, 1.165) is 46.9 Å². The lowest BCUT2D eigenvalue weighted by Crippen LogP contribution is -2.27. The third-order valence-electron chi connectivity index (χ3n) is 6.71. The van der Waals surface area contributed by atoms with Gasteiger partial charge in [0.05, 0.1) is 11.0 Å². The van der Waals surface area contributed by atoms with Gasteiger partial charge in [0.2, 0.25) is 5.91 Å². The number of nitrogens with zero attached hydrogens (tertiary/aromatic N) is 1. The first-order chi connectivity index (χ1) is 14.5. The SMILES string of the molecule is CCCCC1CCC(C(=O)Nc2ccc(-c3nc4cc(C)c(C)cc4[nH]3)cc2)CC1. The van der Waals surface area contributed by atoms with Crippen molar-refractivity contribution in [3.05, 3.63) is 47.5 Å². The van der Waals surface area contributed by atoms with Gasteiger partial charge in [-0.1, -0.05) is 26.2 Å². The summed E-state index contributed by atoms with van der Waals surface area (Å²) in [4.78, 5) is 20.8. The van der Waals surface area contributed by atoms with Crippen molar-refractivity contribution in [3.63, 3.8) is 0 Å². The summed E-state index contributed by atoms with van der Waals surface area (Å²) in [6.45, 7) is 6.48. The Labute approximate surface area is 179 Å². The normalized spacial score (nSPS) is 19.2. The highest BCUT2D eigenvalue weighted by atomic mass is 16.1. The number of aromatic amines is 1. The highest BCUT2D eigenvalue weighted by Crippen LogP contribution is 2.32. The van der Waals surface area contributed by atoms with E-state index in [2.05, 4.69) is 43.2 Å². The molecule has 0 spiro atoms. The van der Waals surface area contributed by atoms with Crippen molar-refractivity contribution in [1.29, 1.82) is 0 Å². The van der Waals surface area contributed by atoms with Gasteiger partial charge >= 0.3 is 0 Å². The molecule has 3 aromatic rings. The highest BCUT2D eigenvalue weighted by Gasteiger charge is 2.26. The Bertz CT molecular complexity index is 972. The number of nitrogens with one attached hydrogen (secondary N) is 2. The number of amides is 1. The summed E-state index contributed by atoms with van der Waals surface area (Å²) in [6, 6.07) is 12.3. The molecule has 0 saturated heterocycles. The summed E-state index contributed by atoms with van der Waals surface area (Å²) in [5.74, 6) is 2.01. The molecule has 2 N–H and O–H groups in total. The van der Waals surface area contributed by atoms with Crippen LogP contribution in [-0.4, -0.2) is 15.9 Å². The van der Waals surface area contributed by atoms with Crippen molar-refractivity contribution in [2.45, 2.75) is 65.7 Å². The summed E-state index contributed by atoms with van der Waals surface area (Å²) >= 11 is 0. The molecule has 30 heavy (non-hydrogen) atoms. The van der Waals surface area contributed by atoms with Crippen LogP contribution >= 0.6 is 0 Å². The minimum absolute atomic E-state index is 0.157. The summed E-state index contributed by atoms with van der Waals surface area (Å²) in [6.07, 6.45) is 8.35. The van der Waals surface area contributed by atoms with E-state index in [-0.39, 0.29) is 11.8 Å². The van der Waals surface area contributed by atoms with Crippen molar-refractivity contribution in [2.75, 3.05) is 5.32 Å². The number of anilines is 1. The highest BCUT2D eigenvalue weighted by molar-refractivity contribution is 5.92. The zero-order chi connectivity index (χ0) is 21.1. The van der Waals surface area contributed by atoms with Crippen molar-refractivity contribution in [3.8, 4) is 11.4 Å². The standard InChI is InChI=1S/C26H33N3O/c1-4-5-6-19-7-9-21(10-8-19)26(30)27-22-13-11-20(12-14-22)25-28-23-15-17(2)18(3)16-24(23)29-25/h11-16,19,21H,4-10H2,1-3H3,(H,27,30)(H,28,29). The fourth-order valence-corrected chi connectivity index (χ4v) is 4.57. The second-order valence-corrected chi connectivity index (χ2v) is 8.97. The zero-order valence-corrected chi connectivity index (χ0v) is 18.4. The quantitative estimate of drug-likeness (QED) is 0.476. The molecule has 0 unspecified atom stereocenters. The van der Waals surface area contributed by atoms with E-state index in [9.17, 15) is 4.79 Å². The number of unbranched alkanes of at least 4 members (excludes halogenated alkanes) is 1. The Morgan fingerprint density at radius 1 is 1.07 bits per heavy atom. The lowest BCUT2D eigenvalue weighted by atomic mass is 9.79. The Hall–Kier alpha value is -2.62. The maximum atomic E-state index is 12.7. The second-order valence-electron chi connectivity index (χ2n) is 8.97. The Morgan fingerprint density at radius 2 is 1.77 bits per heavy atom. The lowest BCUT2D eigenvalue weighted by Gasteiger charge is -2.27. The minimum atomic E-state index is 0.157. The third kappa shape index (κ3) is 4.58. The second kappa shape index (κ2) is 9.03. The number of aromatic nitrogens is 2. The van der Waals surface area contributed by atoms with E-state index in [1.165, 1.54) is 43.2 Å². The Kier molecular flexibility index (Phi) is 6.21. The predicted octanol–water partition coefficient (Wildman–Crippen LogP) is 6.78. The van der Waals surface area contributed by atoms with Crippen LogP contribution < -0.4 is 5.32 Å². The number of hydrogen-bond donors (Lipinski definition) is 2. The van der Waals surface area contributed by atoms with Gasteiger partial charge in [0.15, 0.2) is 0 Å². The van der Waals surface area contributed by atoms with Crippen molar-refractivity contribution >= 4 is 22.6 Å². The topological polar surface area (TPSA) is 57.8 Å². The molecule has 158 valence electrons. The van der Waals surface area contributed by atoms with Crippen molar-refractivity contribution in [2.24, 2.45) is 11.8 Å². The predicted molar refractivity (Wildman–Crippen MR) is 125 cm³/mol. The van der Waals surface area contributed by atoms with E-state index in [1.807, 2.05) is 24.3 Å². The lowest BCUT2D eigenvalue weighted by molar-refractivity contribution is -0.121. The molecule has 0 bridgehead atoms. The van der Waals surface area contributed by atoms with E-state index >= 15 is 0 Å². The minimum Gasteiger partial charge on any atom is -0.338 e. The molecule has 1 aliphatic rings. The number of H-pyrrole nitrogens is 1. The van der Waals surface area contributed by atoms with Gasteiger partial charge in [-0.3, -0.25) is 4.79 Å². The Morgan fingerprint density at radius 3 is 2.47 bits per heavy atom. The number of fused-ring (bicyclic) bond motifs is 1. The molecule has 0 atom stereocenters. The van der Waals surface area contributed by atoms with Gasteiger partial charge in [0.25, 0.3) is 0 Å². The molecule has 0 aliphatic heterocycles. The summed E-state index contributed by atoms with van der Waals surface area (Å²) < 4.78 is 0. The van der Waals surface area contributed by atoms with Crippen LogP contribution in [0.4, 0.5) is 5.69 Å². The fourth-order valence-electron chi connectivity index (χ4n) is 4.57. The van der Waals surface area contributed by atoms with Crippen molar-refractivity contribution < 1.29 is 4.79 Å². The number of rotatable bonds is 6. The van der Waals surface area contributed by atoms with Crippen LogP contribution in [0.5, 0.6) is 0 Å². The molecule has 0 radical (unpaired) electrons. The van der Waals surface area contributed by atoms with Gasteiger partial charge in [-0.25, -0.2) is 4.98 Å². The van der Waals surface area contributed by atoms with Gasteiger partial charge < -0.3 is 10.3 Å². The first-order valence-electron chi connectivity index (χ1n) is 11.4. The molecule has 1 amide bonds. The molecule has 4 rings (SSSR count). The zero-order valence-electron chi connectivity index (χ0n) is 18.4. The van der Waals surface area contributed by atoms with E-state index < -0.39 is 0 Å². The van der Waals surface area contributed by atoms with Gasteiger partial charge in [0.1, 0.15) is 5.82 Å². The number of carbonyl (C=O) groups is 1. The number of carbonyl (C=O) groups excluding carboxylic acids is 1. The van der Waals surface area contributed by atoms with E-state index in [0.29, 0.717) is 0 Å². The maximum Gasteiger partial charge on any atom is 0.227 e. The molecule has 2 aromatic carbocycles. The maximum absolute atomic E-state index is 12.7. The van der Waals surface area contributed by atoms with Gasteiger partial charge in [0, 0.05) is 17.2 Å². The van der Waals surface area contributed by atoms with Gasteiger partial charge in [-0.15, -0.1) is 0 Å². The monoisotopic (exact) mass is 403 g/mol. The van der Waals surface area contributed by atoms with Crippen LogP contribution in [-0.2, 0) is 4.79 Å². The molecular formula is C26H33N3O.